The van der Waals surface area contributed by atoms with Crippen molar-refractivity contribution in [2.45, 2.75) is 43.4 Å². The van der Waals surface area contributed by atoms with E-state index in [1.165, 1.54) is 4.57 Å². The number of aliphatic hydroxyl groups excluding tert-OH is 3. The third-order valence-electron chi connectivity index (χ3n) is 4.67. The first-order chi connectivity index (χ1) is 10.5. The topological polar surface area (TPSA) is 95.2 Å². The van der Waals surface area contributed by atoms with E-state index in [4.69, 9.17) is 9.84 Å². The minimum absolute atomic E-state index is 0.0667. The number of pyridine rings is 1. The van der Waals surface area contributed by atoms with E-state index in [0.29, 0.717) is 5.56 Å². The second-order valence-corrected chi connectivity index (χ2v) is 6.04. The summed E-state index contributed by atoms with van der Waals surface area (Å²) in [5.41, 5.74) is 0.441. The van der Waals surface area contributed by atoms with Gasteiger partial charge in [-0.25, -0.2) is 0 Å². The molecule has 2 aliphatic heterocycles. The minimum atomic E-state index is -1.24. The first-order valence-electron chi connectivity index (χ1n) is 7.58. The molecule has 1 aromatic rings. The molecular formula is C15H22N2O5. The Kier molecular flexibility index (Phi) is 4.33. The van der Waals surface area contributed by atoms with Crippen LogP contribution in [-0.4, -0.2) is 63.3 Å². The number of ether oxygens (including phenoxy) is 1. The molecule has 2 saturated heterocycles. The lowest BCUT2D eigenvalue weighted by Gasteiger charge is -2.22. The molecule has 0 amide bonds. The van der Waals surface area contributed by atoms with Crippen LogP contribution in [0.25, 0.3) is 0 Å². The predicted octanol–water partition coefficient (Wildman–Crippen LogP) is -0.773. The van der Waals surface area contributed by atoms with Gasteiger partial charge in [-0.3, -0.25) is 14.3 Å². The van der Waals surface area contributed by atoms with Crippen molar-refractivity contribution in [3.63, 3.8) is 0 Å². The minimum Gasteiger partial charge on any atom is -0.394 e. The average Bonchev–Trinajstić information content (AvgIpc) is 3.05. The van der Waals surface area contributed by atoms with E-state index in [9.17, 15) is 15.0 Å². The lowest BCUT2D eigenvalue weighted by atomic mass is 10.1. The van der Waals surface area contributed by atoms with Crippen molar-refractivity contribution < 1.29 is 20.1 Å². The monoisotopic (exact) mass is 310 g/mol. The van der Waals surface area contributed by atoms with E-state index in [1.807, 2.05) is 7.05 Å². The summed E-state index contributed by atoms with van der Waals surface area (Å²) in [5.74, 6) is 0. The molecule has 5 atom stereocenters. The van der Waals surface area contributed by atoms with Gasteiger partial charge in [0.1, 0.15) is 18.3 Å². The summed E-state index contributed by atoms with van der Waals surface area (Å²) in [6.45, 7) is 0.543. The van der Waals surface area contributed by atoms with Gasteiger partial charge in [0, 0.05) is 17.8 Å². The van der Waals surface area contributed by atoms with Gasteiger partial charge in [-0.2, -0.15) is 0 Å². The quantitative estimate of drug-likeness (QED) is 0.678. The first-order valence-corrected chi connectivity index (χ1v) is 7.58. The number of likely N-dealkylation sites (tertiary alicyclic amines) is 1. The molecule has 1 aromatic heterocycles. The molecule has 2 aliphatic rings. The van der Waals surface area contributed by atoms with Crippen LogP contribution in [0.5, 0.6) is 0 Å². The van der Waals surface area contributed by atoms with Crippen molar-refractivity contribution in [1.82, 2.24) is 9.47 Å². The highest BCUT2D eigenvalue weighted by molar-refractivity contribution is 5.17. The normalized spacial score (nSPS) is 36.1. The molecule has 0 radical (unpaired) electrons. The fraction of sp³-hybridized carbons (Fsp3) is 0.667. The second kappa shape index (κ2) is 6.10. The number of aromatic nitrogens is 1. The zero-order chi connectivity index (χ0) is 15.9. The maximum absolute atomic E-state index is 12.7. The Morgan fingerprint density at radius 2 is 2.14 bits per heavy atom. The fourth-order valence-electron chi connectivity index (χ4n) is 3.39. The summed E-state index contributed by atoms with van der Waals surface area (Å²) in [4.78, 5) is 14.9. The van der Waals surface area contributed by atoms with Crippen LogP contribution in [0.4, 0.5) is 0 Å². The lowest BCUT2D eigenvalue weighted by Crippen LogP contribution is -2.37. The molecule has 0 aliphatic carbocycles. The molecule has 7 heteroatoms. The smallest absolute Gasteiger partial charge is 0.257 e. The van der Waals surface area contributed by atoms with Crippen LogP contribution in [0.1, 0.15) is 30.7 Å². The standard InChI is InChI=1S/C15H22N2O5/c1-16-6-3-5-10(16)9-4-2-7-17(14(9)21)15-13(20)12(19)11(8-18)22-15/h2,4,7,10-13,15,18-20H,3,5-6,8H2,1H3/t10-,11?,12?,13?,15?/m1/s1. The van der Waals surface area contributed by atoms with Crippen LogP contribution in [0, 0.1) is 0 Å². The van der Waals surface area contributed by atoms with Gasteiger partial charge in [0.25, 0.3) is 5.56 Å². The van der Waals surface area contributed by atoms with E-state index in [0.717, 1.165) is 19.4 Å². The van der Waals surface area contributed by atoms with Gasteiger partial charge in [0.2, 0.25) is 0 Å². The summed E-state index contributed by atoms with van der Waals surface area (Å²) in [6.07, 6.45) is -0.807. The fourth-order valence-corrected chi connectivity index (χ4v) is 3.39. The molecular weight excluding hydrogens is 288 g/mol. The Hall–Kier alpha value is -1.25. The van der Waals surface area contributed by atoms with Crippen LogP contribution in [-0.2, 0) is 4.74 Å². The maximum Gasteiger partial charge on any atom is 0.257 e. The van der Waals surface area contributed by atoms with Gasteiger partial charge in [-0.1, -0.05) is 6.07 Å². The van der Waals surface area contributed by atoms with E-state index in [1.54, 1.807) is 18.3 Å². The van der Waals surface area contributed by atoms with Gasteiger partial charge in [0.15, 0.2) is 6.23 Å². The molecule has 3 N–H and O–H groups in total. The average molecular weight is 310 g/mol. The SMILES string of the molecule is CN1CCC[C@@H]1c1cccn(C2OC(CO)C(O)C2O)c1=O. The molecule has 122 valence electrons. The van der Waals surface area contributed by atoms with E-state index < -0.39 is 31.1 Å². The Labute approximate surface area is 128 Å². The third-order valence-corrected chi connectivity index (χ3v) is 4.67. The van der Waals surface area contributed by atoms with E-state index >= 15 is 0 Å². The predicted molar refractivity (Wildman–Crippen MR) is 78.3 cm³/mol. The van der Waals surface area contributed by atoms with Gasteiger partial charge in [0.05, 0.1) is 6.61 Å². The second-order valence-electron chi connectivity index (χ2n) is 6.04. The number of rotatable bonds is 3. The molecule has 0 spiro atoms. The zero-order valence-corrected chi connectivity index (χ0v) is 12.5. The number of hydrogen-bond donors (Lipinski definition) is 3. The molecule has 4 unspecified atom stereocenters. The Bertz CT molecular complexity index is 590. The van der Waals surface area contributed by atoms with Crippen LogP contribution in [0.15, 0.2) is 23.1 Å². The van der Waals surface area contributed by atoms with Gasteiger partial charge >= 0.3 is 0 Å². The molecule has 3 heterocycles. The van der Waals surface area contributed by atoms with Crippen molar-refractivity contribution in [2.24, 2.45) is 0 Å². The molecule has 0 bridgehead atoms. The first kappa shape index (κ1) is 15.6. The number of aliphatic hydroxyl groups is 3. The molecule has 7 nitrogen and oxygen atoms in total. The van der Waals surface area contributed by atoms with Crippen molar-refractivity contribution >= 4 is 0 Å². The molecule has 0 aromatic carbocycles. The van der Waals surface area contributed by atoms with Gasteiger partial charge in [-0.15, -0.1) is 0 Å². The van der Waals surface area contributed by atoms with Crippen molar-refractivity contribution in [3.8, 4) is 0 Å². The van der Waals surface area contributed by atoms with Crippen LogP contribution < -0.4 is 5.56 Å². The van der Waals surface area contributed by atoms with E-state index in [-0.39, 0.29) is 11.6 Å². The summed E-state index contributed by atoms with van der Waals surface area (Å²) < 4.78 is 6.76. The zero-order valence-electron chi connectivity index (χ0n) is 12.5. The van der Waals surface area contributed by atoms with Crippen LogP contribution in [0.3, 0.4) is 0 Å². The van der Waals surface area contributed by atoms with Crippen molar-refractivity contribution in [3.05, 3.63) is 34.2 Å². The maximum atomic E-state index is 12.7. The highest BCUT2D eigenvalue weighted by Crippen LogP contribution is 2.31. The van der Waals surface area contributed by atoms with Crippen molar-refractivity contribution in [1.29, 1.82) is 0 Å². The summed E-state index contributed by atoms with van der Waals surface area (Å²) in [6, 6.07) is 3.61. The Morgan fingerprint density at radius 3 is 2.73 bits per heavy atom. The highest BCUT2D eigenvalue weighted by Gasteiger charge is 2.43. The number of hydrogen-bond acceptors (Lipinski definition) is 6. The lowest BCUT2D eigenvalue weighted by molar-refractivity contribution is -0.0546. The Balaban J connectivity index is 1.94. The number of nitrogens with zero attached hydrogens (tertiary/aromatic N) is 2. The van der Waals surface area contributed by atoms with Crippen LogP contribution in [0.2, 0.25) is 0 Å². The highest BCUT2D eigenvalue weighted by atomic mass is 16.6. The molecule has 22 heavy (non-hydrogen) atoms. The van der Waals surface area contributed by atoms with Gasteiger partial charge in [-0.05, 0) is 32.5 Å². The van der Waals surface area contributed by atoms with Crippen molar-refractivity contribution in [2.75, 3.05) is 20.2 Å². The largest absolute Gasteiger partial charge is 0.394 e. The molecule has 2 fully saturated rings. The van der Waals surface area contributed by atoms with E-state index in [2.05, 4.69) is 4.90 Å². The summed E-state index contributed by atoms with van der Waals surface area (Å²) >= 11 is 0. The third kappa shape index (κ3) is 2.49. The summed E-state index contributed by atoms with van der Waals surface area (Å²) in [5, 5.41) is 29.1. The summed E-state index contributed by atoms with van der Waals surface area (Å²) in [7, 11) is 1.99. The van der Waals surface area contributed by atoms with Gasteiger partial charge < -0.3 is 20.1 Å². The van der Waals surface area contributed by atoms with Crippen LogP contribution >= 0.6 is 0 Å². The Morgan fingerprint density at radius 1 is 1.36 bits per heavy atom. The molecule has 0 saturated carbocycles. The molecule has 3 rings (SSSR count).